The van der Waals surface area contributed by atoms with Gasteiger partial charge >= 0.3 is 23.1 Å². The second-order valence-corrected chi connectivity index (χ2v) is 38.7. The minimum absolute atomic E-state index is 0. The van der Waals surface area contributed by atoms with E-state index in [9.17, 15) is 9.90 Å². The van der Waals surface area contributed by atoms with E-state index in [4.69, 9.17) is 39.7 Å². The Balaban J connectivity index is 0.000000189. The molecule has 16 heteroatoms. The van der Waals surface area contributed by atoms with Crippen molar-refractivity contribution in [2.24, 2.45) is 10.8 Å². The number of ketones is 4. The van der Waals surface area contributed by atoms with Gasteiger partial charge in [0.05, 0.1) is 67.8 Å². The molecule has 0 saturated carbocycles. The fraction of sp³-hybridized carbons (Fsp3) is 0.175. The standard InChI is InChI=1S/2C27H22N.2C23H14N.C11H20O2.3C5H8O2.4Ir/c1-27(2,3)22-12-10-19-11-13-24-23(25(19)17-22)14-15-28-26(24)21-9-8-18-6-4-5-7-20(18)16-21;1-27(2,3)22-11-13-23-20(17-22)10-12-25-24(23)14-15-28-26(25)21-9-8-18-6-4-5-7-19(18)16-21;2*1-2-7-18-15-19(10-9-16(18)5-1)23-22-12-11-17-6-3-4-8-20(17)21(22)13-14-24-23;1-10(2,3)8(12)7-9(13)11(4,5)6;3*1-4(6)3-5(2)7;;;;/h2*4-8,10-17H,1-3H3;2*1-9,11-15H;7,12H,1-6H3;3*3,6H,1-2H3;;;;/q4*-1;;;;;;;;/p+4. The molecule has 20 rings (SSSR count). The predicted octanol–water partition coefficient (Wildman–Crippen LogP) is 32.7. The Labute approximate surface area is 886 Å². The summed E-state index contributed by atoms with van der Waals surface area (Å²) in [5.41, 5.74) is 10.5. The molecule has 0 bridgehead atoms. The normalized spacial score (nSPS) is 11.6. The molecule has 0 unspecified atom stereocenters. The Morgan fingerprint density at radius 3 is 0.754 bits per heavy atom. The molecule has 0 spiro atoms. The minimum atomic E-state index is -0.306. The molecule has 728 valence electrons. The second-order valence-electron chi connectivity index (χ2n) is 38.7. The van der Waals surface area contributed by atoms with Gasteiger partial charge in [-0.2, -0.15) is 0 Å². The summed E-state index contributed by atoms with van der Waals surface area (Å²) in [7, 11) is 0. The van der Waals surface area contributed by atoms with Gasteiger partial charge in [-0.25, -0.2) is 0 Å². The van der Waals surface area contributed by atoms with Crippen LogP contribution in [0.15, 0.2) is 375 Å². The van der Waals surface area contributed by atoms with Gasteiger partial charge in [0.15, 0.2) is 0 Å². The van der Waals surface area contributed by atoms with Gasteiger partial charge in [0.2, 0.25) is 0 Å². The summed E-state index contributed by atoms with van der Waals surface area (Å²) in [6.45, 7) is 33.9. The monoisotopic (exact) mass is 2590 g/mol. The Morgan fingerprint density at radius 1 is 0.239 bits per heavy atom. The van der Waals surface area contributed by atoms with Crippen LogP contribution in [0.5, 0.6) is 0 Å². The number of carbonyl (C=O) groups excluding carboxylic acids is 4. The first kappa shape index (κ1) is 112. The van der Waals surface area contributed by atoms with Gasteiger partial charge in [-0.15, -0.1) is 117 Å². The zero-order valence-electron chi connectivity index (χ0n) is 83.2. The van der Waals surface area contributed by atoms with E-state index in [0.29, 0.717) is 0 Å². The molecule has 0 amide bonds. The quantitative estimate of drug-likeness (QED) is 0.0376. The maximum Gasteiger partial charge on any atom is 0.325 e. The van der Waals surface area contributed by atoms with E-state index in [-0.39, 0.29) is 148 Å². The summed E-state index contributed by atoms with van der Waals surface area (Å²) in [5.74, 6) is 1.17. The van der Waals surface area contributed by atoms with Crippen LogP contribution in [0.1, 0.15) is 136 Å². The summed E-state index contributed by atoms with van der Waals surface area (Å²) in [5, 5.41) is 64.2. The Hall–Kier alpha value is -13.3. The fourth-order valence-corrected chi connectivity index (χ4v) is 16.2. The van der Waals surface area contributed by atoms with Gasteiger partial charge in [0.25, 0.3) is 0 Å². The van der Waals surface area contributed by atoms with Crippen LogP contribution in [-0.4, -0.2) is 82.7 Å². The molecule has 0 saturated heterocycles. The summed E-state index contributed by atoms with van der Waals surface area (Å²) < 4.78 is 0. The van der Waals surface area contributed by atoms with Crippen molar-refractivity contribution in [2.45, 2.75) is 135 Å². The molecule has 4 heterocycles. The summed E-state index contributed by atoms with van der Waals surface area (Å²) in [6.07, 6.45) is 12.9. The number of hydrogen-bond donors (Lipinski definition) is 4. The first-order chi connectivity index (χ1) is 65.7. The third-order valence-corrected chi connectivity index (χ3v) is 23.4. The third-order valence-electron chi connectivity index (χ3n) is 23.4. The minimum Gasteiger partial charge on any atom is -0.512 e. The number of allylic oxidation sites excluding steroid dienone is 8. The number of benzene rings is 16. The predicted molar refractivity (Wildman–Crippen MR) is 585 cm³/mol. The Bertz CT molecular complexity index is 7840. The van der Waals surface area contributed by atoms with Crippen LogP contribution >= 0.6 is 0 Å². The number of hydrogen-bond acceptors (Lipinski definition) is 8. The van der Waals surface area contributed by atoms with Gasteiger partial charge in [-0.1, -0.05) is 314 Å². The number of aromatic nitrogens is 4. The zero-order chi connectivity index (χ0) is 98.9. The van der Waals surface area contributed by atoms with E-state index in [1.807, 2.05) is 78.5 Å². The largest absolute Gasteiger partial charge is 0.512 e. The van der Waals surface area contributed by atoms with Crippen molar-refractivity contribution in [3.8, 4) is 45.0 Å². The van der Waals surface area contributed by atoms with Crippen LogP contribution in [0.4, 0.5) is 0 Å². The van der Waals surface area contributed by atoms with Crippen LogP contribution in [0.3, 0.4) is 0 Å². The average Bonchev–Trinajstić information content (AvgIpc) is 0.766. The van der Waals surface area contributed by atoms with E-state index in [2.05, 4.69) is 367 Å². The number of fused-ring (bicyclic) bond motifs is 16. The zero-order valence-corrected chi connectivity index (χ0v) is 92.8. The average molecular weight is 2590 g/mol. The molecule has 0 fully saturated rings. The molecule has 8 N–H and O–H groups in total. The first-order valence-corrected chi connectivity index (χ1v) is 46.2. The van der Waals surface area contributed by atoms with E-state index >= 15 is 0 Å². The molecular weight excluding hydrogens is 2470 g/mol. The molecule has 4 radical (unpaired) electrons. The molecule has 12 nitrogen and oxygen atoms in total. The molecule has 16 aromatic carbocycles. The summed E-state index contributed by atoms with van der Waals surface area (Å²) in [4.78, 5) is 53.6. The molecule has 0 aliphatic heterocycles. The maximum absolute atomic E-state index is 9.60. The Kier molecular flexibility index (Phi) is 39.4. The van der Waals surface area contributed by atoms with Gasteiger partial charge in [-0.3, -0.25) is 19.2 Å². The molecule has 4 aromatic heterocycles. The van der Waals surface area contributed by atoms with Crippen molar-refractivity contribution in [1.29, 1.82) is 0 Å². The van der Waals surface area contributed by atoms with Crippen LogP contribution in [0.25, 0.3) is 174 Å². The van der Waals surface area contributed by atoms with Gasteiger partial charge in [-0.05, 0) is 197 Å². The molecular formula is C126H120Ir4N4O8. The Morgan fingerprint density at radius 2 is 0.479 bits per heavy atom. The van der Waals surface area contributed by atoms with Crippen molar-refractivity contribution in [1.82, 2.24) is 19.9 Å². The van der Waals surface area contributed by atoms with Gasteiger partial charge in [0.1, 0.15) is 5.76 Å². The fourth-order valence-electron chi connectivity index (χ4n) is 16.2. The van der Waals surface area contributed by atoms with Crippen molar-refractivity contribution in [3.05, 3.63) is 411 Å². The van der Waals surface area contributed by atoms with Gasteiger partial charge < -0.3 is 40.4 Å². The molecule has 142 heavy (non-hydrogen) atoms. The second kappa shape index (κ2) is 49.9. The van der Waals surface area contributed by atoms with Crippen LogP contribution in [0.2, 0.25) is 0 Å². The van der Waals surface area contributed by atoms with Crippen LogP contribution < -0.4 is 0 Å². The van der Waals surface area contributed by atoms with E-state index in [0.717, 1.165) is 45.0 Å². The number of nitrogens with zero attached hydrogens (tertiary/aromatic N) is 4. The van der Waals surface area contributed by atoms with Crippen LogP contribution in [0, 0.1) is 35.1 Å². The van der Waals surface area contributed by atoms with Crippen molar-refractivity contribution >= 4 is 152 Å². The third kappa shape index (κ3) is 29.0. The molecule has 0 atom stereocenters. The number of aliphatic hydroxyl groups is 4. The topological polar surface area (TPSA) is 218 Å². The van der Waals surface area contributed by atoms with Crippen molar-refractivity contribution < 1.29 is 120 Å². The smallest absolute Gasteiger partial charge is 0.325 e. The van der Waals surface area contributed by atoms with E-state index < -0.39 is 0 Å². The van der Waals surface area contributed by atoms with Crippen molar-refractivity contribution in [3.63, 3.8) is 0 Å². The van der Waals surface area contributed by atoms with Crippen LogP contribution in [-0.2, 0) is 91.3 Å². The van der Waals surface area contributed by atoms with Gasteiger partial charge in [0, 0.05) is 111 Å². The summed E-state index contributed by atoms with van der Waals surface area (Å²) in [6, 6.07) is 121. The first-order valence-electron chi connectivity index (χ1n) is 46.2. The SMILES string of the molecule is CC(=[OH+])C=C(C)O.CC(=[OH+])C=C(C)O.CC(=[OH+])C=C(C)O.CC(C)(C)C(=[OH+])C=C(O)C(C)(C)C.CC(C)(C)c1ccc2c(ccc3c(-c4[c-]cc5ccccc5c4)nccc32)c1.CC(C)(C)c1ccc2ccc3c(-c4[c-]cc5ccccc5c4)nccc3c2c1.[Ir].[Ir].[Ir].[Ir].[c-]1cc2ccccc2cc1-c1nccc2c1ccc1ccccc12.[c-]1cc2ccccc2cc1-c1nccc2c1ccc1ccccc12. The number of rotatable bonds is 8. The number of aliphatic hydroxyl groups excluding tert-OH is 4. The van der Waals surface area contributed by atoms with E-state index in [1.165, 1.54) is 206 Å². The van der Waals surface area contributed by atoms with Crippen molar-refractivity contribution in [2.75, 3.05) is 0 Å². The molecule has 20 aromatic rings. The molecule has 0 aliphatic rings. The maximum atomic E-state index is 9.60. The number of pyridine rings is 4. The summed E-state index contributed by atoms with van der Waals surface area (Å²) >= 11 is 0. The molecule has 0 aliphatic carbocycles. The van der Waals surface area contributed by atoms with E-state index in [1.54, 1.807) is 0 Å².